The zero-order chi connectivity index (χ0) is 19.6. The van der Waals surface area contributed by atoms with E-state index in [0.717, 1.165) is 16.9 Å². The van der Waals surface area contributed by atoms with Gasteiger partial charge in [-0.2, -0.15) is 0 Å². The Labute approximate surface area is 169 Å². The first-order valence-electron chi connectivity index (χ1n) is 7.62. The highest BCUT2D eigenvalue weighted by atomic mass is 35.5. The normalized spacial score (nSPS) is 11.5. The van der Waals surface area contributed by atoms with Gasteiger partial charge in [0.2, 0.25) is 5.91 Å². The standard InChI is InChI=1S/C16H13Cl2N3O4S2/c1-9-2-4-10(5-3-9)27(23,24)7-6-13(22)19-16-21-20-15(25-16)11-8-12(17)26-14(11)18/h2-5,8H,6-7H2,1H3,(H,19,21,22). The largest absolute Gasteiger partial charge is 0.403 e. The Morgan fingerprint density at radius 2 is 1.93 bits per heavy atom. The van der Waals surface area contributed by atoms with E-state index in [1.807, 2.05) is 6.92 Å². The van der Waals surface area contributed by atoms with Crippen molar-refractivity contribution >= 4 is 56.3 Å². The minimum Gasteiger partial charge on any atom is -0.403 e. The highest BCUT2D eigenvalue weighted by Gasteiger charge is 2.19. The Balaban J connectivity index is 1.61. The fourth-order valence-electron chi connectivity index (χ4n) is 2.14. The lowest BCUT2D eigenvalue weighted by Crippen LogP contribution is -2.17. The van der Waals surface area contributed by atoms with Crippen molar-refractivity contribution in [1.82, 2.24) is 10.2 Å². The summed E-state index contributed by atoms with van der Waals surface area (Å²) in [6.45, 7) is 1.86. The van der Waals surface area contributed by atoms with E-state index in [1.54, 1.807) is 18.2 Å². The molecular weight excluding hydrogens is 433 g/mol. The number of hydrogen-bond donors (Lipinski definition) is 1. The number of hydrogen-bond acceptors (Lipinski definition) is 7. The summed E-state index contributed by atoms with van der Waals surface area (Å²) in [5.74, 6) is -0.796. The van der Waals surface area contributed by atoms with Crippen molar-refractivity contribution in [3.05, 3.63) is 44.6 Å². The monoisotopic (exact) mass is 445 g/mol. The zero-order valence-electron chi connectivity index (χ0n) is 13.9. The van der Waals surface area contributed by atoms with E-state index in [-0.39, 0.29) is 29.0 Å². The van der Waals surface area contributed by atoms with E-state index < -0.39 is 15.7 Å². The number of sulfone groups is 1. The zero-order valence-corrected chi connectivity index (χ0v) is 17.0. The smallest absolute Gasteiger partial charge is 0.322 e. The van der Waals surface area contributed by atoms with Crippen LogP contribution in [-0.2, 0) is 14.6 Å². The van der Waals surface area contributed by atoms with Crippen molar-refractivity contribution in [2.75, 3.05) is 11.1 Å². The molecule has 11 heteroatoms. The van der Waals surface area contributed by atoms with E-state index in [2.05, 4.69) is 15.5 Å². The number of nitrogens with zero attached hydrogens (tertiary/aromatic N) is 2. The third-order valence-electron chi connectivity index (χ3n) is 3.54. The predicted octanol–water partition coefficient (Wildman–Crippen LogP) is 4.22. The van der Waals surface area contributed by atoms with Crippen LogP contribution in [0.5, 0.6) is 0 Å². The molecule has 7 nitrogen and oxygen atoms in total. The molecule has 0 saturated heterocycles. The van der Waals surface area contributed by atoms with Gasteiger partial charge in [0.15, 0.2) is 9.84 Å². The van der Waals surface area contributed by atoms with E-state index >= 15 is 0 Å². The number of carbonyl (C=O) groups is 1. The number of aromatic nitrogens is 2. The molecule has 1 aromatic carbocycles. The van der Waals surface area contributed by atoms with Crippen LogP contribution in [0.4, 0.5) is 6.01 Å². The van der Waals surface area contributed by atoms with Gasteiger partial charge in [0, 0.05) is 6.42 Å². The second-order valence-electron chi connectivity index (χ2n) is 5.58. The first-order chi connectivity index (χ1) is 12.7. The van der Waals surface area contributed by atoms with Crippen LogP contribution in [0.1, 0.15) is 12.0 Å². The Bertz CT molecular complexity index is 1080. The highest BCUT2D eigenvalue weighted by molar-refractivity contribution is 7.91. The molecule has 0 atom stereocenters. The first kappa shape index (κ1) is 19.8. The average molecular weight is 446 g/mol. The molecule has 0 radical (unpaired) electrons. The Morgan fingerprint density at radius 3 is 2.56 bits per heavy atom. The van der Waals surface area contributed by atoms with Crippen molar-refractivity contribution in [2.24, 2.45) is 0 Å². The van der Waals surface area contributed by atoms with Gasteiger partial charge < -0.3 is 4.42 Å². The van der Waals surface area contributed by atoms with E-state index in [0.29, 0.717) is 14.2 Å². The van der Waals surface area contributed by atoms with Gasteiger partial charge in [-0.15, -0.1) is 16.4 Å². The second-order valence-corrected chi connectivity index (χ2v) is 9.98. The number of amides is 1. The van der Waals surface area contributed by atoms with Crippen LogP contribution in [0.25, 0.3) is 11.5 Å². The van der Waals surface area contributed by atoms with Crippen molar-refractivity contribution in [1.29, 1.82) is 0 Å². The maximum atomic E-state index is 12.3. The molecular formula is C16H13Cl2N3O4S2. The molecule has 3 aromatic rings. The van der Waals surface area contributed by atoms with Crippen LogP contribution in [0, 0.1) is 6.92 Å². The molecule has 0 aliphatic rings. The van der Waals surface area contributed by atoms with Gasteiger partial charge in [-0.3, -0.25) is 10.1 Å². The third kappa shape index (κ3) is 4.86. The number of benzene rings is 1. The summed E-state index contributed by atoms with van der Waals surface area (Å²) in [7, 11) is -3.56. The predicted molar refractivity (Wildman–Crippen MR) is 104 cm³/mol. The number of anilines is 1. The van der Waals surface area contributed by atoms with Crippen LogP contribution >= 0.6 is 34.5 Å². The van der Waals surface area contributed by atoms with Crippen LogP contribution < -0.4 is 5.32 Å². The average Bonchev–Trinajstić information content (AvgIpc) is 3.19. The fourth-order valence-corrected chi connectivity index (χ4v) is 4.83. The molecule has 3 rings (SSSR count). The van der Waals surface area contributed by atoms with Gasteiger partial charge in [0.1, 0.15) is 4.34 Å². The fraction of sp³-hybridized carbons (Fsp3) is 0.188. The van der Waals surface area contributed by atoms with Gasteiger partial charge in [-0.05, 0) is 25.1 Å². The second kappa shape index (κ2) is 7.97. The van der Waals surface area contributed by atoms with Gasteiger partial charge in [0.05, 0.1) is 20.5 Å². The summed E-state index contributed by atoms with van der Waals surface area (Å²) in [6.07, 6.45) is -0.251. The van der Waals surface area contributed by atoms with Gasteiger partial charge in [-0.1, -0.05) is 46.0 Å². The summed E-state index contributed by atoms with van der Waals surface area (Å²) in [4.78, 5) is 12.2. The molecule has 142 valence electrons. The van der Waals surface area contributed by atoms with Gasteiger partial charge in [0.25, 0.3) is 5.89 Å². The van der Waals surface area contributed by atoms with Crippen molar-refractivity contribution in [2.45, 2.75) is 18.2 Å². The summed E-state index contributed by atoms with van der Waals surface area (Å²) >= 11 is 13.0. The third-order valence-corrected chi connectivity index (χ3v) is 6.76. The first-order valence-corrected chi connectivity index (χ1v) is 10.8. The topological polar surface area (TPSA) is 102 Å². The lowest BCUT2D eigenvalue weighted by Gasteiger charge is -2.04. The maximum absolute atomic E-state index is 12.3. The lowest BCUT2D eigenvalue weighted by atomic mass is 10.2. The SMILES string of the molecule is Cc1ccc(S(=O)(=O)CCC(=O)Nc2nnc(-c3cc(Cl)sc3Cl)o2)cc1. The Hall–Kier alpha value is -1.94. The molecule has 0 aliphatic heterocycles. The minimum atomic E-state index is -3.56. The number of carbonyl (C=O) groups excluding carboxylic acids is 1. The Kier molecular flexibility index (Phi) is 5.85. The molecule has 0 unspecified atom stereocenters. The van der Waals surface area contributed by atoms with Crippen LogP contribution in [0.3, 0.4) is 0 Å². The number of nitrogens with one attached hydrogen (secondary N) is 1. The Morgan fingerprint density at radius 1 is 1.22 bits per heavy atom. The number of halogens is 2. The van der Waals surface area contributed by atoms with Crippen molar-refractivity contribution in [3.8, 4) is 11.5 Å². The quantitative estimate of drug-likeness (QED) is 0.609. The lowest BCUT2D eigenvalue weighted by molar-refractivity contribution is -0.115. The summed E-state index contributed by atoms with van der Waals surface area (Å²) in [6, 6.07) is 7.86. The number of thiophene rings is 1. The van der Waals surface area contributed by atoms with E-state index in [9.17, 15) is 13.2 Å². The van der Waals surface area contributed by atoms with Gasteiger partial charge >= 0.3 is 6.01 Å². The van der Waals surface area contributed by atoms with Crippen LogP contribution in [0.2, 0.25) is 8.67 Å². The summed E-state index contributed by atoms with van der Waals surface area (Å²) in [5.41, 5.74) is 1.41. The molecule has 0 saturated carbocycles. The van der Waals surface area contributed by atoms with Crippen molar-refractivity contribution in [3.63, 3.8) is 0 Å². The molecule has 0 bridgehead atoms. The highest BCUT2D eigenvalue weighted by Crippen LogP contribution is 2.37. The molecule has 1 amide bonds. The van der Waals surface area contributed by atoms with Crippen LogP contribution in [0.15, 0.2) is 39.6 Å². The van der Waals surface area contributed by atoms with Crippen LogP contribution in [-0.4, -0.2) is 30.3 Å². The maximum Gasteiger partial charge on any atom is 0.322 e. The number of rotatable bonds is 6. The van der Waals surface area contributed by atoms with E-state index in [4.69, 9.17) is 27.6 Å². The van der Waals surface area contributed by atoms with Crippen molar-refractivity contribution < 1.29 is 17.6 Å². The van der Waals surface area contributed by atoms with E-state index in [1.165, 1.54) is 12.1 Å². The molecule has 27 heavy (non-hydrogen) atoms. The minimum absolute atomic E-state index is 0.103. The summed E-state index contributed by atoms with van der Waals surface area (Å²) in [5, 5.41) is 9.87. The molecule has 0 spiro atoms. The summed E-state index contributed by atoms with van der Waals surface area (Å²) < 4.78 is 30.7. The molecule has 2 heterocycles. The molecule has 1 N–H and O–H groups in total. The molecule has 2 aromatic heterocycles. The van der Waals surface area contributed by atoms with Gasteiger partial charge in [-0.25, -0.2) is 8.42 Å². The number of aryl methyl sites for hydroxylation is 1. The molecule has 0 aliphatic carbocycles. The molecule has 0 fully saturated rings.